The van der Waals surface area contributed by atoms with Crippen LogP contribution in [0.2, 0.25) is 5.02 Å². The molecular formula is C24H32ClN3O. The van der Waals surface area contributed by atoms with Crippen molar-refractivity contribution in [2.75, 3.05) is 0 Å². The molecule has 0 radical (unpaired) electrons. The van der Waals surface area contributed by atoms with Gasteiger partial charge in [-0.1, -0.05) is 59.1 Å². The summed E-state index contributed by atoms with van der Waals surface area (Å²) in [6, 6.07) is 7.56. The van der Waals surface area contributed by atoms with Crippen LogP contribution in [0.25, 0.3) is 16.7 Å². The second-order valence-corrected chi connectivity index (χ2v) is 9.27. The van der Waals surface area contributed by atoms with Gasteiger partial charge in [0.1, 0.15) is 22.5 Å². The van der Waals surface area contributed by atoms with Crippen molar-refractivity contribution < 1.29 is 5.11 Å². The van der Waals surface area contributed by atoms with E-state index in [4.69, 9.17) is 11.6 Å². The summed E-state index contributed by atoms with van der Waals surface area (Å²) in [4.78, 5) is 1.56. The number of phenols is 1. The normalized spacial score (nSPS) is 12.1. The van der Waals surface area contributed by atoms with Gasteiger partial charge in [0, 0.05) is 10.6 Å². The van der Waals surface area contributed by atoms with E-state index in [1.807, 2.05) is 12.1 Å². The number of nitrogens with zero attached hydrogens (tertiary/aromatic N) is 3. The maximum absolute atomic E-state index is 11.3. The van der Waals surface area contributed by atoms with Gasteiger partial charge in [-0.05, 0) is 66.5 Å². The summed E-state index contributed by atoms with van der Waals surface area (Å²) >= 11 is 6.11. The lowest BCUT2D eigenvalue weighted by atomic mass is 9.77. The van der Waals surface area contributed by atoms with E-state index in [0.29, 0.717) is 16.5 Å². The second-order valence-electron chi connectivity index (χ2n) is 8.84. The summed E-state index contributed by atoms with van der Waals surface area (Å²) in [6.45, 7) is 11.1. The fourth-order valence-corrected chi connectivity index (χ4v) is 4.18. The first kappa shape index (κ1) is 21.6. The molecule has 2 aromatic carbocycles. The van der Waals surface area contributed by atoms with Crippen molar-refractivity contribution in [1.82, 2.24) is 15.0 Å². The fraction of sp³-hybridized carbons (Fsp3) is 0.500. The number of rotatable bonds is 7. The average molecular weight is 414 g/mol. The van der Waals surface area contributed by atoms with Crippen LogP contribution in [-0.2, 0) is 18.3 Å². The van der Waals surface area contributed by atoms with Crippen LogP contribution in [0.5, 0.6) is 5.75 Å². The molecule has 0 fully saturated rings. The van der Waals surface area contributed by atoms with E-state index in [2.05, 4.69) is 50.9 Å². The molecule has 0 aliphatic rings. The number of halogens is 1. The monoisotopic (exact) mass is 413 g/mol. The fourth-order valence-electron chi connectivity index (χ4n) is 4.02. The zero-order valence-electron chi connectivity index (χ0n) is 18.2. The zero-order valence-corrected chi connectivity index (χ0v) is 19.0. The average Bonchev–Trinajstić information content (AvgIpc) is 3.07. The number of hydrogen-bond acceptors (Lipinski definition) is 3. The maximum atomic E-state index is 11.3. The molecular weight excluding hydrogens is 382 g/mol. The Bertz CT molecular complexity index is 1000. The molecule has 0 spiro atoms. The second kappa shape index (κ2) is 8.74. The predicted octanol–water partition coefficient (Wildman–Crippen LogP) is 6.76. The van der Waals surface area contributed by atoms with Gasteiger partial charge in [0.25, 0.3) is 0 Å². The topological polar surface area (TPSA) is 50.9 Å². The molecule has 0 saturated heterocycles. The molecule has 3 rings (SSSR count). The van der Waals surface area contributed by atoms with Gasteiger partial charge in [-0.3, -0.25) is 0 Å². The Labute approximate surface area is 178 Å². The number of fused-ring (bicyclic) bond motifs is 1. The van der Waals surface area contributed by atoms with Crippen LogP contribution in [0.3, 0.4) is 0 Å². The van der Waals surface area contributed by atoms with Gasteiger partial charge in [-0.2, -0.15) is 0 Å². The van der Waals surface area contributed by atoms with Gasteiger partial charge in [-0.15, -0.1) is 15.0 Å². The molecule has 0 unspecified atom stereocenters. The molecule has 0 atom stereocenters. The lowest BCUT2D eigenvalue weighted by Gasteiger charge is -2.28. The van der Waals surface area contributed by atoms with Gasteiger partial charge < -0.3 is 5.11 Å². The molecule has 3 aromatic rings. The molecule has 0 amide bonds. The highest BCUT2D eigenvalue weighted by atomic mass is 35.5. The van der Waals surface area contributed by atoms with E-state index < -0.39 is 0 Å². The van der Waals surface area contributed by atoms with Gasteiger partial charge in [0.2, 0.25) is 0 Å². The Hall–Kier alpha value is -2.07. The molecule has 1 aromatic heterocycles. The third kappa shape index (κ3) is 4.58. The summed E-state index contributed by atoms with van der Waals surface area (Å²) in [7, 11) is 0. The minimum atomic E-state index is -0.0437. The number of benzene rings is 2. The van der Waals surface area contributed by atoms with Crippen LogP contribution in [0.15, 0.2) is 24.3 Å². The molecule has 0 aliphatic heterocycles. The van der Waals surface area contributed by atoms with Crippen LogP contribution >= 0.6 is 11.6 Å². The first-order valence-corrected chi connectivity index (χ1v) is 11.0. The van der Waals surface area contributed by atoms with Crippen molar-refractivity contribution in [2.45, 2.75) is 78.6 Å². The van der Waals surface area contributed by atoms with Crippen LogP contribution < -0.4 is 0 Å². The van der Waals surface area contributed by atoms with Crippen molar-refractivity contribution >= 4 is 22.6 Å². The van der Waals surface area contributed by atoms with Crippen molar-refractivity contribution in [3.05, 3.63) is 46.0 Å². The summed E-state index contributed by atoms with van der Waals surface area (Å²) < 4.78 is 0. The summed E-state index contributed by atoms with van der Waals surface area (Å²) in [6.07, 6.45) is 6.21. The number of hydrogen-bond donors (Lipinski definition) is 1. The van der Waals surface area contributed by atoms with E-state index in [0.717, 1.165) is 55.1 Å². The van der Waals surface area contributed by atoms with Gasteiger partial charge in [-0.25, -0.2) is 0 Å². The van der Waals surface area contributed by atoms with Crippen molar-refractivity contribution in [3.63, 3.8) is 0 Å². The highest BCUT2D eigenvalue weighted by Gasteiger charge is 2.27. The zero-order chi connectivity index (χ0) is 21.2. The van der Waals surface area contributed by atoms with Crippen molar-refractivity contribution in [2.24, 2.45) is 0 Å². The van der Waals surface area contributed by atoms with Crippen molar-refractivity contribution in [3.8, 4) is 11.4 Å². The number of aryl methyl sites for hydroxylation is 1. The van der Waals surface area contributed by atoms with Gasteiger partial charge in [0.15, 0.2) is 0 Å². The van der Waals surface area contributed by atoms with E-state index >= 15 is 0 Å². The summed E-state index contributed by atoms with van der Waals surface area (Å²) in [5.41, 5.74) is 5.71. The van der Waals surface area contributed by atoms with Gasteiger partial charge in [0.05, 0.1) is 0 Å². The molecule has 1 heterocycles. The minimum Gasteiger partial charge on any atom is -0.505 e. The third-order valence-electron chi connectivity index (χ3n) is 5.35. The third-order valence-corrected chi connectivity index (χ3v) is 5.59. The molecule has 5 heteroatoms. The molecule has 0 aliphatic carbocycles. The smallest absolute Gasteiger partial charge is 0.146 e. The van der Waals surface area contributed by atoms with E-state index in [1.165, 1.54) is 11.1 Å². The first-order valence-electron chi connectivity index (χ1n) is 10.7. The predicted molar refractivity (Wildman–Crippen MR) is 121 cm³/mol. The molecule has 29 heavy (non-hydrogen) atoms. The van der Waals surface area contributed by atoms with Crippen LogP contribution in [0, 0.1) is 0 Å². The minimum absolute atomic E-state index is 0.0437. The molecule has 0 bridgehead atoms. The van der Waals surface area contributed by atoms with E-state index in [9.17, 15) is 5.11 Å². The Kier molecular flexibility index (Phi) is 6.52. The standard InChI is InChI=1S/C24H32ClN3O/c1-6-8-10-16-14-21(28-26-19-13-12-17(25)15-20(19)27-28)23(29)18(11-9-7-2)22(16)24(3,4)5/h12-15,29H,6-11H2,1-5H3. The van der Waals surface area contributed by atoms with Crippen molar-refractivity contribution in [1.29, 1.82) is 0 Å². The van der Waals surface area contributed by atoms with E-state index in [1.54, 1.807) is 10.9 Å². The number of aromatic nitrogens is 3. The lowest BCUT2D eigenvalue weighted by Crippen LogP contribution is -2.19. The first-order chi connectivity index (χ1) is 13.8. The van der Waals surface area contributed by atoms with Gasteiger partial charge >= 0.3 is 0 Å². The summed E-state index contributed by atoms with van der Waals surface area (Å²) in [5, 5.41) is 21.2. The number of unbranched alkanes of at least 4 members (excludes halogenated alkanes) is 2. The largest absolute Gasteiger partial charge is 0.505 e. The Morgan fingerprint density at radius 2 is 1.62 bits per heavy atom. The Morgan fingerprint density at radius 1 is 0.966 bits per heavy atom. The lowest BCUT2D eigenvalue weighted by molar-refractivity contribution is 0.452. The summed E-state index contributed by atoms with van der Waals surface area (Å²) in [5.74, 6) is 0.301. The highest BCUT2D eigenvalue weighted by Crippen LogP contribution is 2.40. The molecule has 4 nitrogen and oxygen atoms in total. The van der Waals surface area contributed by atoms with Crippen LogP contribution in [-0.4, -0.2) is 20.1 Å². The Morgan fingerprint density at radius 3 is 2.28 bits per heavy atom. The number of phenolic OH excluding ortho intramolecular Hbond substituents is 1. The van der Waals surface area contributed by atoms with Crippen LogP contribution in [0.1, 0.15) is 77.0 Å². The quantitative estimate of drug-likeness (QED) is 0.465. The SMILES string of the molecule is CCCCc1cc(-n2nc3ccc(Cl)cc3n2)c(O)c(CCCC)c1C(C)(C)C. The van der Waals surface area contributed by atoms with Crippen LogP contribution in [0.4, 0.5) is 0 Å². The molecule has 156 valence electrons. The van der Waals surface area contributed by atoms with E-state index in [-0.39, 0.29) is 5.41 Å². The molecule has 0 saturated carbocycles. The molecule has 1 N–H and O–H groups in total. The Balaban J connectivity index is 2.24. The number of aromatic hydroxyl groups is 1. The highest BCUT2D eigenvalue weighted by molar-refractivity contribution is 6.31. The maximum Gasteiger partial charge on any atom is 0.146 e.